The fourth-order valence-electron chi connectivity index (χ4n) is 5.21. The average Bonchev–Trinajstić information content (AvgIpc) is 2.92. The van der Waals surface area contributed by atoms with Crippen molar-refractivity contribution in [2.24, 2.45) is 22.9 Å². The lowest BCUT2D eigenvalue weighted by Crippen LogP contribution is -2.54. The molecule has 5 rings (SSSR count). The van der Waals surface area contributed by atoms with E-state index in [1.54, 1.807) is 11.1 Å². The van der Waals surface area contributed by atoms with Gasteiger partial charge in [0.15, 0.2) is 0 Å². The molecule has 3 aromatic rings. The number of anilines is 5. The summed E-state index contributed by atoms with van der Waals surface area (Å²) in [5, 5.41) is 5.60. The summed E-state index contributed by atoms with van der Waals surface area (Å²) in [5.74, 6) is -0.0140. The van der Waals surface area contributed by atoms with E-state index in [0.29, 0.717) is 62.7 Å². The van der Waals surface area contributed by atoms with E-state index in [-0.39, 0.29) is 40.8 Å². The molecule has 2 saturated heterocycles. The Balaban J connectivity index is 1.38. The topological polar surface area (TPSA) is 223 Å². The molecular formula is C26H32ClF3N12O2. The highest BCUT2D eigenvalue weighted by molar-refractivity contribution is 6.34. The highest BCUT2D eigenvalue weighted by Gasteiger charge is 2.32. The predicted molar refractivity (Wildman–Crippen MR) is 160 cm³/mol. The first-order valence-corrected chi connectivity index (χ1v) is 14.1. The molecule has 4 unspecified atom stereocenters. The quantitative estimate of drug-likeness (QED) is 0.201. The zero-order valence-corrected chi connectivity index (χ0v) is 24.1. The minimum absolute atomic E-state index is 0.0714. The molecule has 14 nitrogen and oxygen atoms in total. The number of aromatic nitrogens is 4. The predicted octanol–water partition coefficient (Wildman–Crippen LogP) is 0.957. The van der Waals surface area contributed by atoms with Crippen LogP contribution in [-0.2, 0) is 6.18 Å². The average molecular weight is 637 g/mol. The monoisotopic (exact) mass is 636 g/mol. The van der Waals surface area contributed by atoms with Crippen LogP contribution in [0.4, 0.5) is 42.4 Å². The van der Waals surface area contributed by atoms with Gasteiger partial charge in [0.05, 0.1) is 10.7 Å². The van der Waals surface area contributed by atoms with Crippen LogP contribution in [0.1, 0.15) is 28.9 Å². The minimum Gasteiger partial charge on any atom is -0.338 e. The summed E-state index contributed by atoms with van der Waals surface area (Å²) < 4.78 is 38.6. The molecule has 18 heteroatoms. The zero-order valence-electron chi connectivity index (χ0n) is 23.3. The number of H-pyrrole nitrogens is 1. The summed E-state index contributed by atoms with van der Waals surface area (Å²) >= 11 is 6.41. The molecule has 2 aliphatic rings. The first-order chi connectivity index (χ1) is 20.7. The van der Waals surface area contributed by atoms with Crippen molar-refractivity contribution in [3.8, 4) is 0 Å². The Morgan fingerprint density at radius 2 is 1.43 bits per heavy atom. The Bertz CT molecular complexity index is 1520. The van der Waals surface area contributed by atoms with E-state index in [1.165, 1.54) is 12.1 Å². The maximum atomic E-state index is 12.9. The molecule has 0 bridgehead atoms. The Labute approximate surface area is 254 Å². The van der Waals surface area contributed by atoms with Gasteiger partial charge in [-0.05, 0) is 43.2 Å². The highest BCUT2D eigenvalue weighted by atomic mass is 35.5. The van der Waals surface area contributed by atoms with Gasteiger partial charge in [-0.25, -0.2) is 0 Å². The number of hydrogen-bond donors (Lipinski definition) is 7. The SMILES string of the molecule is NC1CC(N)CN(c2nc(Nc3ccc(NC(=O)c4ccc(C(F)(F)F)[nH]c4=O)c(Cl)c3)nc(N3CC(N)CC(N)C3)n2)C1. The third-order valence-electron chi connectivity index (χ3n) is 7.14. The van der Waals surface area contributed by atoms with Gasteiger partial charge in [-0.15, -0.1) is 0 Å². The summed E-state index contributed by atoms with van der Waals surface area (Å²) in [5.41, 5.74) is 22.4. The molecular weight excluding hydrogens is 605 g/mol. The summed E-state index contributed by atoms with van der Waals surface area (Å²) in [7, 11) is 0. The molecule has 44 heavy (non-hydrogen) atoms. The van der Waals surface area contributed by atoms with E-state index in [9.17, 15) is 22.8 Å². The van der Waals surface area contributed by atoms with Crippen LogP contribution in [0.3, 0.4) is 0 Å². The van der Waals surface area contributed by atoms with Gasteiger partial charge in [0.25, 0.3) is 11.5 Å². The second kappa shape index (κ2) is 12.5. The second-order valence-electron chi connectivity index (χ2n) is 11.0. The van der Waals surface area contributed by atoms with Crippen molar-refractivity contribution >= 4 is 46.7 Å². The zero-order chi connectivity index (χ0) is 31.8. The number of aromatic amines is 1. The summed E-state index contributed by atoms with van der Waals surface area (Å²) in [6, 6.07) is 5.27. The Morgan fingerprint density at radius 1 is 0.886 bits per heavy atom. The van der Waals surface area contributed by atoms with Gasteiger partial charge in [0.2, 0.25) is 17.8 Å². The number of nitrogens with one attached hydrogen (secondary N) is 3. The number of nitrogens with two attached hydrogens (primary N) is 4. The number of carbonyl (C=O) groups excluding carboxylic acids is 1. The highest BCUT2D eigenvalue weighted by Crippen LogP contribution is 2.29. The van der Waals surface area contributed by atoms with Crippen LogP contribution in [0.5, 0.6) is 0 Å². The maximum Gasteiger partial charge on any atom is 0.431 e. The van der Waals surface area contributed by atoms with Gasteiger partial charge in [0, 0.05) is 56.0 Å². The molecule has 236 valence electrons. The van der Waals surface area contributed by atoms with Gasteiger partial charge in [-0.1, -0.05) is 11.6 Å². The van der Waals surface area contributed by atoms with Crippen molar-refractivity contribution in [3.05, 3.63) is 57.0 Å². The number of benzene rings is 1. The number of piperidine rings is 2. The van der Waals surface area contributed by atoms with Crippen LogP contribution in [0.2, 0.25) is 5.02 Å². The van der Waals surface area contributed by atoms with Gasteiger partial charge < -0.3 is 48.4 Å². The Morgan fingerprint density at radius 3 is 1.91 bits per heavy atom. The molecule has 2 aromatic heterocycles. The van der Waals surface area contributed by atoms with E-state index >= 15 is 0 Å². The smallest absolute Gasteiger partial charge is 0.338 e. The molecule has 4 atom stereocenters. The molecule has 0 spiro atoms. The third kappa shape index (κ3) is 7.36. The van der Waals surface area contributed by atoms with Crippen molar-refractivity contribution in [1.82, 2.24) is 19.9 Å². The number of halogens is 4. The lowest BCUT2D eigenvalue weighted by atomic mass is 10.0. The van der Waals surface area contributed by atoms with Gasteiger partial charge >= 0.3 is 6.18 Å². The molecule has 0 saturated carbocycles. The molecule has 4 heterocycles. The number of rotatable bonds is 6. The molecule has 0 aliphatic carbocycles. The van der Waals surface area contributed by atoms with Gasteiger partial charge in [-0.2, -0.15) is 28.1 Å². The molecule has 1 amide bonds. The summed E-state index contributed by atoms with van der Waals surface area (Å²) in [4.78, 5) is 44.1. The molecule has 0 radical (unpaired) electrons. The second-order valence-corrected chi connectivity index (χ2v) is 11.4. The summed E-state index contributed by atoms with van der Waals surface area (Å²) in [6.07, 6.45) is -3.42. The number of amides is 1. The lowest BCUT2D eigenvalue weighted by molar-refractivity contribution is -0.141. The van der Waals surface area contributed by atoms with Gasteiger partial charge in [0.1, 0.15) is 11.3 Å². The first-order valence-electron chi connectivity index (χ1n) is 13.7. The van der Waals surface area contributed by atoms with E-state index in [2.05, 4.69) is 25.6 Å². The number of hydrogen-bond acceptors (Lipinski definition) is 12. The van der Waals surface area contributed by atoms with Crippen molar-refractivity contribution in [1.29, 1.82) is 0 Å². The number of alkyl halides is 3. The number of nitrogens with zero attached hydrogens (tertiary/aromatic N) is 5. The Kier molecular flexibility index (Phi) is 8.94. The normalized spacial score (nSPS) is 22.5. The van der Waals surface area contributed by atoms with Crippen LogP contribution < -0.4 is 48.9 Å². The Hall–Kier alpha value is -4.03. The van der Waals surface area contributed by atoms with Crippen LogP contribution in [0.25, 0.3) is 0 Å². The van der Waals surface area contributed by atoms with Crippen LogP contribution in [-0.4, -0.2) is 76.2 Å². The van der Waals surface area contributed by atoms with Crippen LogP contribution in [0.15, 0.2) is 35.1 Å². The number of pyridine rings is 1. The van der Waals surface area contributed by atoms with Crippen molar-refractivity contribution in [2.45, 2.75) is 43.2 Å². The minimum atomic E-state index is -4.76. The van der Waals surface area contributed by atoms with E-state index < -0.39 is 28.9 Å². The van der Waals surface area contributed by atoms with Crippen LogP contribution >= 0.6 is 11.6 Å². The standard InChI is InChI=1S/C26H32ClF3N12O2/c27-18-7-16(1-3-19(18)36-21(43)17-2-4-20(26(28,29)30)37-22(17)44)35-23-38-24(41-8-12(31)5-13(32)9-41)40-25(39-23)42-10-14(33)6-15(34)11-42/h1-4,7,12-15H,5-6,8-11,31-34H2,(H,36,43)(H,37,44)(H,35,38,39,40). The maximum absolute atomic E-state index is 12.9. The third-order valence-corrected chi connectivity index (χ3v) is 7.45. The molecule has 2 aliphatic heterocycles. The first kappa shape index (κ1) is 31.4. The summed E-state index contributed by atoms with van der Waals surface area (Å²) in [6.45, 7) is 1.99. The van der Waals surface area contributed by atoms with Crippen molar-refractivity contribution in [2.75, 3.05) is 46.6 Å². The van der Waals surface area contributed by atoms with Crippen molar-refractivity contribution in [3.63, 3.8) is 0 Å². The van der Waals surface area contributed by atoms with E-state index in [0.717, 1.165) is 6.07 Å². The fourth-order valence-corrected chi connectivity index (χ4v) is 5.44. The number of carbonyl (C=O) groups is 1. The van der Waals surface area contributed by atoms with Crippen LogP contribution in [0, 0.1) is 0 Å². The molecule has 11 N–H and O–H groups in total. The van der Waals surface area contributed by atoms with Crippen molar-refractivity contribution < 1.29 is 18.0 Å². The van der Waals surface area contributed by atoms with Gasteiger partial charge in [-0.3, -0.25) is 9.59 Å². The molecule has 1 aromatic carbocycles. The van der Waals surface area contributed by atoms with E-state index in [1.807, 2.05) is 9.80 Å². The largest absolute Gasteiger partial charge is 0.431 e. The fraction of sp³-hybridized carbons (Fsp3) is 0.423. The van der Waals surface area contributed by atoms with E-state index in [4.69, 9.17) is 34.5 Å². The molecule has 2 fully saturated rings. The lowest BCUT2D eigenvalue weighted by Gasteiger charge is -2.37.